The minimum absolute atomic E-state index is 0.115. The van der Waals surface area contributed by atoms with Crippen molar-refractivity contribution in [2.24, 2.45) is 7.05 Å². The Labute approximate surface area is 121 Å². The van der Waals surface area contributed by atoms with E-state index in [9.17, 15) is 0 Å². The van der Waals surface area contributed by atoms with Gasteiger partial charge in [0.15, 0.2) is 0 Å². The van der Waals surface area contributed by atoms with Crippen molar-refractivity contribution < 1.29 is 0 Å². The number of rotatable bonds is 6. The SMILES string of the molecule is CCNC(Cc1c(Br)c(CC)nn1C)c1ncn[nH]1. The molecule has 0 aliphatic heterocycles. The van der Waals surface area contributed by atoms with Crippen molar-refractivity contribution in [1.29, 1.82) is 0 Å². The Hall–Kier alpha value is -1.21. The van der Waals surface area contributed by atoms with Gasteiger partial charge in [0.2, 0.25) is 0 Å². The third-order valence-corrected chi connectivity index (χ3v) is 4.03. The molecule has 0 saturated carbocycles. The van der Waals surface area contributed by atoms with E-state index in [2.05, 4.69) is 55.4 Å². The van der Waals surface area contributed by atoms with Gasteiger partial charge < -0.3 is 5.32 Å². The number of aryl methyl sites for hydroxylation is 2. The average Bonchev–Trinajstić information content (AvgIpc) is 3.01. The summed E-state index contributed by atoms with van der Waals surface area (Å²) in [6.45, 7) is 5.07. The summed E-state index contributed by atoms with van der Waals surface area (Å²) in [4.78, 5) is 4.24. The largest absolute Gasteiger partial charge is 0.307 e. The molecule has 0 spiro atoms. The maximum absolute atomic E-state index is 4.52. The number of aromatic nitrogens is 5. The number of nitrogens with zero attached hydrogens (tertiary/aromatic N) is 4. The van der Waals surface area contributed by atoms with E-state index in [0.717, 1.165) is 35.4 Å². The molecule has 0 amide bonds. The van der Waals surface area contributed by atoms with Crippen LogP contribution in [0.2, 0.25) is 0 Å². The van der Waals surface area contributed by atoms with Gasteiger partial charge in [0.25, 0.3) is 0 Å². The number of aromatic amines is 1. The Morgan fingerprint density at radius 2 is 2.26 bits per heavy atom. The van der Waals surface area contributed by atoms with Gasteiger partial charge >= 0.3 is 0 Å². The number of hydrogen-bond acceptors (Lipinski definition) is 4. The average molecular weight is 327 g/mol. The molecule has 2 aromatic rings. The van der Waals surface area contributed by atoms with Crippen LogP contribution in [-0.2, 0) is 19.9 Å². The summed E-state index contributed by atoms with van der Waals surface area (Å²) >= 11 is 3.65. The van der Waals surface area contributed by atoms with Crippen LogP contribution in [0.25, 0.3) is 0 Å². The third kappa shape index (κ3) is 3.03. The second-order valence-corrected chi connectivity index (χ2v) is 5.16. The first-order valence-electron chi connectivity index (χ1n) is 6.46. The van der Waals surface area contributed by atoms with Crippen LogP contribution in [0.1, 0.15) is 37.1 Å². The van der Waals surface area contributed by atoms with Crippen molar-refractivity contribution in [1.82, 2.24) is 30.3 Å². The molecule has 2 rings (SSSR count). The molecule has 19 heavy (non-hydrogen) atoms. The Morgan fingerprint density at radius 3 is 2.79 bits per heavy atom. The molecule has 6 nitrogen and oxygen atoms in total. The molecule has 0 saturated heterocycles. The van der Waals surface area contributed by atoms with Crippen molar-refractivity contribution >= 4 is 15.9 Å². The first-order chi connectivity index (χ1) is 9.17. The molecule has 2 N–H and O–H groups in total. The van der Waals surface area contributed by atoms with Gasteiger partial charge in [-0.1, -0.05) is 13.8 Å². The lowest BCUT2D eigenvalue weighted by Crippen LogP contribution is -2.25. The fourth-order valence-electron chi connectivity index (χ4n) is 2.13. The fraction of sp³-hybridized carbons (Fsp3) is 0.583. The normalized spacial score (nSPS) is 12.8. The van der Waals surface area contributed by atoms with E-state index in [-0.39, 0.29) is 6.04 Å². The molecule has 0 aromatic carbocycles. The Bertz CT molecular complexity index is 519. The Kier molecular flexibility index (Phi) is 4.71. The smallest absolute Gasteiger partial charge is 0.141 e. The van der Waals surface area contributed by atoms with E-state index in [1.165, 1.54) is 12.0 Å². The van der Waals surface area contributed by atoms with Crippen LogP contribution in [0.15, 0.2) is 10.8 Å². The van der Waals surface area contributed by atoms with E-state index in [1.807, 2.05) is 11.7 Å². The van der Waals surface area contributed by atoms with Gasteiger partial charge in [-0.3, -0.25) is 9.78 Å². The second kappa shape index (κ2) is 6.29. The highest BCUT2D eigenvalue weighted by atomic mass is 79.9. The van der Waals surface area contributed by atoms with Crippen molar-refractivity contribution in [2.75, 3.05) is 6.54 Å². The number of halogens is 1. The summed E-state index contributed by atoms with van der Waals surface area (Å²) in [5.41, 5.74) is 2.25. The zero-order valence-corrected chi connectivity index (χ0v) is 13.0. The standard InChI is InChI=1S/C12H19BrN6/c1-4-8-11(13)10(19(3)18-8)6-9(14-5-2)12-15-7-16-17-12/h7,9,14H,4-6H2,1-3H3,(H,15,16,17). The number of nitrogens with one attached hydrogen (secondary N) is 2. The summed E-state index contributed by atoms with van der Waals surface area (Å²) < 4.78 is 3.03. The summed E-state index contributed by atoms with van der Waals surface area (Å²) in [6.07, 6.45) is 3.27. The van der Waals surface area contributed by atoms with Gasteiger partial charge in [0.05, 0.1) is 21.9 Å². The van der Waals surface area contributed by atoms with Crippen LogP contribution in [0.4, 0.5) is 0 Å². The highest BCUT2D eigenvalue weighted by Gasteiger charge is 2.20. The quantitative estimate of drug-likeness (QED) is 0.848. The Balaban J connectivity index is 2.24. The van der Waals surface area contributed by atoms with Gasteiger partial charge in [-0.05, 0) is 28.9 Å². The lowest BCUT2D eigenvalue weighted by Gasteiger charge is -2.15. The van der Waals surface area contributed by atoms with Gasteiger partial charge in [0, 0.05) is 13.5 Å². The van der Waals surface area contributed by atoms with Crippen molar-refractivity contribution in [2.45, 2.75) is 32.7 Å². The molecule has 7 heteroatoms. The lowest BCUT2D eigenvalue weighted by molar-refractivity contribution is 0.505. The van der Waals surface area contributed by atoms with Crippen molar-refractivity contribution in [3.63, 3.8) is 0 Å². The summed E-state index contributed by atoms with van der Waals surface area (Å²) in [6, 6.07) is 0.115. The highest BCUT2D eigenvalue weighted by Crippen LogP contribution is 2.25. The zero-order valence-electron chi connectivity index (χ0n) is 11.4. The van der Waals surface area contributed by atoms with Gasteiger partial charge in [-0.15, -0.1) is 0 Å². The molecular formula is C12H19BrN6. The molecule has 0 aliphatic carbocycles. The number of likely N-dealkylation sites (N-methyl/N-ethyl adjacent to an activating group) is 1. The topological polar surface area (TPSA) is 71.4 Å². The molecule has 2 heterocycles. The van der Waals surface area contributed by atoms with Crippen LogP contribution in [0, 0.1) is 0 Å². The molecule has 1 unspecified atom stereocenters. The molecule has 0 aliphatic rings. The predicted octanol–water partition coefficient (Wildman–Crippen LogP) is 1.76. The first-order valence-corrected chi connectivity index (χ1v) is 7.25. The zero-order chi connectivity index (χ0) is 13.8. The highest BCUT2D eigenvalue weighted by molar-refractivity contribution is 9.10. The monoisotopic (exact) mass is 326 g/mol. The second-order valence-electron chi connectivity index (χ2n) is 4.37. The van der Waals surface area contributed by atoms with Crippen LogP contribution >= 0.6 is 15.9 Å². The molecule has 0 radical (unpaired) electrons. The Morgan fingerprint density at radius 1 is 1.47 bits per heavy atom. The summed E-state index contributed by atoms with van der Waals surface area (Å²) in [7, 11) is 1.97. The maximum Gasteiger partial charge on any atom is 0.141 e. The van der Waals surface area contributed by atoms with E-state index < -0.39 is 0 Å². The van der Waals surface area contributed by atoms with Crippen LogP contribution in [-0.4, -0.2) is 31.5 Å². The van der Waals surface area contributed by atoms with Crippen molar-refractivity contribution in [3.8, 4) is 0 Å². The maximum atomic E-state index is 4.52. The van der Waals surface area contributed by atoms with Gasteiger partial charge in [-0.2, -0.15) is 10.2 Å². The van der Waals surface area contributed by atoms with E-state index in [0.29, 0.717) is 0 Å². The van der Waals surface area contributed by atoms with Crippen LogP contribution in [0.5, 0.6) is 0 Å². The van der Waals surface area contributed by atoms with Gasteiger partial charge in [0.1, 0.15) is 12.2 Å². The summed E-state index contributed by atoms with van der Waals surface area (Å²) in [5.74, 6) is 0.855. The molecule has 104 valence electrons. The number of hydrogen-bond donors (Lipinski definition) is 2. The van der Waals surface area contributed by atoms with Gasteiger partial charge in [-0.25, -0.2) is 4.98 Å². The summed E-state index contributed by atoms with van der Waals surface area (Å²) in [5, 5.41) is 14.8. The molecule has 0 fully saturated rings. The molecule has 2 aromatic heterocycles. The van der Waals surface area contributed by atoms with Crippen LogP contribution in [0.3, 0.4) is 0 Å². The lowest BCUT2D eigenvalue weighted by atomic mass is 10.1. The minimum Gasteiger partial charge on any atom is -0.307 e. The molecular weight excluding hydrogens is 308 g/mol. The molecule has 1 atom stereocenters. The predicted molar refractivity (Wildman–Crippen MR) is 76.8 cm³/mol. The van der Waals surface area contributed by atoms with E-state index in [4.69, 9.17) is 0 Å². The minimum atomic E-state index is 0.115. The first kappa shape index (κ1) is 14.2. The van der Waals surface area contributed by atoms with Crippen molar-refractivity contribution in [3.05, 3.63) is 28.0 Å². The molecule has 0 bridgehead atoms. The van der Waals surface area contributed by atoms with E-state index in [1.54, 1.807) is 0 Å². The van der Waals surface area contributed by atoms with E-state index >= 15 is 0 Å². The third-order valence-electron chi connectivity index (χ3n) is 3.11. The number of H-pyrrole nitrogens is 1. The fourth-order valence-corrected chi connectivity index (χ4v) is 2.91. The van der Waals surface area contributed by atoms with Crippen LogP contribution < -0.4 is 5.32 Å².